The summed E-state index contributed by atoms with van der Waals surface area (Å²) in [4.78, 5) is 40.2. The van der Waals surface area contributed by atoms with Gasteiger partial charge in [0, 0.05) is 26.1 Å². The molecule has 6 nitrogen and oxygen atoms in total. The summed E-state index contributed by atoms with van der Waals surface area (Å²) in [6.07, 6.45) is 1.76. The van der Waals surface area contributed by atoms with Crippen molar-refractivity contribution < 1.29 is 14.4 Å². The van der Waals surface area contributed by atoms with Crippen LogP contribution in [0.4, 0.5) is 0 Å². The van der Waals surface area contributed by atoms with E-state index in [0.29, 0.717) is 19.6 Å². The standard InChI is InChI=1S/C19H25N3O3/c1-13(14-6-3-2-4-7-14)22-12-16(10-17(22)23)19(25)21-9-5-8-15(11-21)18(20)24/h2-4,6-7,13,15-16H,5,8-12H2,1H3,(H2,20,24)/t13-,15+,16-/m1/s1. The summed E-state index contributed by atoms with van der Waals surface area (Å²) >= 11 is 0. The first-order valence-electron chi connectivity index (χ1n) is 8.90. The average molecular weight is 343 g/mol. The summed E-state index contributed by atoms with van der Waals surface area (Å²) in [5.41, 5.74) is 6.46. The fourth-order valence-corrected chi connectivity index (χ4v) is 3.85. The first kappa shape index (κ1) is 17.5. The summed E-state index contributed by atoms with van der Waals surface area (Å²) in [6, 6.07) is 9.79. The zero-order chi connectivity index (χ0) is 18.0. The van der Waals surface area contributed by atoms with Crippen LogP contribution in [0.25, 0.3) is 0 Å². The molecule has 0 saturated carbocycles. The van der Waals surface area contributed by atoms with E-state index in [4.69, 9.17) is 5.73 Å². The third-order valence-corrected chi connectivity index (χ3v) is 5.39. The van der Waals surface area contributed by atoms with Gasteiger partial charge in [-0.3, -0.25) is 14.4 Å². The number of hydrogen-bond donors (Lipinski definition) is 1. The van der Waals surface area contributed by atoms with Gasteiger partial charge in [-0.15, -0.1) is 0 Å². The number of primary amides is 1. The molecule has 2 fully saturated rings. The summed E-state index contributed by atoms with van der Waals surface area (Å²) < 4.78 is 0. The molecule has 2 heterocycles. The Hall–Kier alpha value is -2.37. The van der Waals surface area contributed by atoms with E-state index in [2.05, 4.69) is 0 Å². The predicted molar refractivity (Wildman–Crippen MR) is 93.2 cm³/mol. The second kappa shape index (κ2) is 7.25. The van der Waals surface area contributed by atoms with Crippen LogP contribution in [0.15, 0.2) is 30.3 Å². The van der Waals surface area contributed by atoms with Crippen LogP contribution in [0.5, 0.6) is 0 Å². The van der Waals surface area contributed by atoms with Gasteiger partial charge in [0.1, 0.15) is 0 Å². The molecular weight excluding hydrogens is 318 g/mol. The number of benzene rings is 1. The van der Waals surface area contributed by atoms with Gasteiger partial charge < -0.3 is 15.5 Å². The van der Waals surface area contributed by atoms with Gasteiger partial charge in [0.05, 0.1) is 17.9 Å². The molecule has 0 unspecified atom stereocenters. The normalized spacial score (nSPS) is 25.1. The highest BCUT2D eigenvalue weighted by Crippen LogP contribution is 2.30. The van der Waals surface area contributed by atoms with E-state index in [1.54, 1.807) is 9.80 Å². The number of rotatable bonds is 4. The molecule has 25 heavy (non-hydrogen) atoms. The number of carbonyl (C=O) groups is 3. The lowest BCUT2D eigenvalue weighted by Gasteiger charge is -2.33. The molecule has 2 aliphatic rings. The largest absolute Gasteiger partial charge is 0.369 e. The van der Waals surface area contributed by atoms with E-state index in [1.807, 2.05) is 37.3 Å². The van der Waals surface area contributed by atoms with Crippen LogP contribution in [0, 0.1) is 11.8 Å². The van der Waals surface area contributed by atoms with E-state index < -0.39 is 0 Å². The Morgan fingerprint density at radius 3 is 2.56 bits per heavy atom. The minimum Gasteiger partial charge on any atom is -0.369 e. The molecule has 2 aliphatic heterocycles. The van der Waals surface area contributed by atoms with Crippen molar-refractivity contribution in [3.05, 3.63) is 35.9 Å². The lowest BCUT2D eigenvalue weighted by Crippen LogP contribution is -2.46. The Balaban J connectivity index is 1.65. The van der Waals surface area contributed by atoms with Crippen molar-refractivity contribution in [2.24, 2.45) is 17.6 Å². The molecule has 2 saturated heterocycles. The smallest absolute Gasteiger partial charge is 0.228 e. The molecule has 3 atom stereocenters. The minimum absolute atomic E-state index is 0.0122. The van der Waals surface area contributed by atoms with Gasteiger partial charge in [-0.25, -0.2) is 0 Å². The fraction of sp³-hybridized carbons (Fsp3) is 0.526. The summed E-state index contributed by atoms with van der Waals surface area (Å²) in [5.74, 6) is -0.959. The van der Waals surface area contributed by atoms with Crippen LogP contribution in [0.2, 0.25) is 0 Å². The Morgan fingerprint density at radius 2 is 1.88 bits per heavy atom. The highest BCUT2D eigenvalue weighted by molar-refractivity contribution is 5.90. The maximum atomic E-state index is 12.8. The summed E-state index contributed by atoms with van der Waals surface area (Å²) in [7, 11) is 0. The lowest BCUT2D eigenvalue weighted by molar-refractivity contribution is -0.139. The zero-order valence-electron chi connectivity index (χ0n) is 14.6. The first-order valence-corrected chi connectivity index (χ1v) is 8.90. The molecule has 1 aromatic carbocycles. The van der Waals surface area contributed by atoms with Crippen LogP contribution < -0.4 is 5.73 Å². The average Bonchev–Trinajstić information content (AvgIpc) is 3.03. The fourth-order valence-electron chi connectivity index (χ4n) is 3.85. The number of carbonyl (C=O) groups excluding carboxylic acids is 3. The summed E-state index contributed by atoms with van der Waals surface area (Å²) in [6.45, 7) is 3.45. The van der Waals surface area contributed by atoms with Crippen molar-refractivity contribution in [1.82, 2.24) is 9.80 Å². The van der Waals surface area contributed by atoms with Crippen molar-refractivity contribution in [1.29, 1.82) is 0 Å². The third kappa shape index (κ3) is 3.67. The van der Waals surface area contributed by atoms with Gasteiger partial charge in [-0.05, 0) is 25.3 Å². The summed E-state index contributed by atoms with van der Waals surface area (Å²) in [5, 5.41) is 0. The Bertz CT molecular complexity index is 661. The van der Waals surface area contributed by atoms with Gasteiger partial charge >= 0.3 is 0 Å². The quantitative estimate of drug-likeness (QED) is 0.895. The number of nitrogens with zero attached hydrogens (tertiary/aromatic N) is 2. The number of amides is 3. The zero-order valence-corrected chi connectivity index (χ0v) is 14.6. The number of nitrogens with two attached hydrogens (primary N) is 1. The van der Waals surface area contributed by atoms with E-state index >= 15 is 0 Å². The molecule has 0 aromatic heterocycles. The van der Waals surface area contributed by atoms with E-state index in [0.717, 1.165) is 18.4 Å². The number of piperidine rings is 1. The van der Waals surface area contributed by atoms with Crippen LogP contribution >= 0.6 is 0 Å². The molecule has 0 spiro atoms. The lowest BCUT2D eigenvalue weighted by atomic mass is 9.96. The second-order valence-corrected chi connectivity index (χ2v) is 7.06. The van der Waals surface area contributed by atoms with Crippen molar-refractivity contribution in [3.8, 4) is 0 Å². The van der Waals surface area contributed by atoms with E-state index in [1.165, 1.54) is 0 Å². The van der Waals surface area contributed by atoms with Crippen LogP contribution in [-0.4, -0.2) is 47.2 Å². The van der Waals surface area contributed by atoms with Gasteiger partial charge in [0.15, 0.2) is 0 Å². The molecule has 0 radical (unpaired) electrons. The molecule has 3 amide bonds. The first-order chi connectivity index (χ1) is 12.0. The topological polar surface area (TPSA) is 83.7 Å². The molecule has 3 rings (SSSR count). The molecule has 6 heteroatoms. The molecule has 0 aliphatic carbocycles. The van der Waals surface area contributed by atoms with Gasteiger partial charge in [0.2, 0.25) is 17.7 Å². The van der Waals surface area contributed by atoms with Gasteiger partial charge in [-0.1, -0.05) is 30.3 Å². The molecular formula is C19H25N3O3. The van der Waals surface area contributed by atoms with Crippen molar-refractivity contribution >= 4 is 17.7 Å². The van der Waals surface area contributed by atoms with Crippen LogP contribution in [0.1, 0.15) is 37.8 Å². The van der Waals surface area contributed by atoms with Gasteiger partial charge in [-0.2, -0.15) is 0 Å². The highest BCUT2D eigenvalue weighted by Gasteiger charge is 2.40. The van der Waals surface area contributed by atoms with E-state index in [-0.39, 0.29) is 42.0 Å². The minimum atomic E-state index is -0.348. The molecule has 0 bridgehead atoms. The monoisotopic (exact) mass is 343 g/mol. The predicted octanol–water partition coefficient (Wildman–Crippen LogP) is 1.32. The highest BCUT2D eigenvalue weighted by atomic mass is 16.2. The Morgan fingerprint density at radius 1 is 1.16 bits per heavy atom. The Kier molecular flexibility index (Phi) is 5.06. The second-order valence-electron chi connectivity index (χ2n) is 7.06. The molecule has 2 N–H and O–H groups in total. The van der Waals surface area contributed by atoms with Crippen molar-refractivity contribution in [2.45, 2.75) is 32.2 Å². The molecule has 134 valence electrons. The Labute approximate surface area is 148 Å². The molecule has 1 aromatic rings. The van der Waals surface area contributed by atoms with Crippen molar-refractivity contribution in [2.75, 3.05) is 19.6 Å². The van der Waals surface area contributed by atoms with Crippen molar-refractivity contribution in [3.63, 3.8) is 0 Å². The third-order valence-electron chi connectivity index (χ3n) is 5.39. The maximum Gasteiger partial charge on any atom is 0.228 e. The number of likely N-dealkylation sites (tertiary alicyclic amines) is 2. The van der Waals surface area contributed by atoms with Gasteiger partial charge in [0.25, 0.3) is 0 Å². The maximum absolute atomic E-state index is 12.8. The van der Waals surface area contributed by atoms with E-state index in [9.17, 15) is 14.4 Å². The van der Waals surface area contributed by atoms with Crippen LogP contribution in [0.3, 0.4) is 0 Å². The SMILES string of the molecule is C[C@H](c1ccccc1)N1C[C@H](C(=O)N2CCC[C@H](C(N)=O)C2)CC1=O. The van der Waals surface area contributed by atoms with Crippen LogP contribution in [-0.2, 0) is 14.4 Å². The number of hydrogen-bond acceptors (Lipinski definition) is 3.